The summed E-state index contributed by atoms with van der Waals surface area (Å²) in [6.07, 6.45) is 5.12. The number of aromatic nitrogens is 1. The molecule has 1 fully saturated rings. The molecule has 2 aliphatic heterocycles. The monoisotopic (exact) mass is 411 g/mol. The topological polar surface area (TPSA) is 69.6 Å². The second-order valence-corrected chi connectivity index (χ2v) is 8.10. The number of aliphatic imine (C=N–C) groups is 1. The van der Waals surface area contributed by atoms with Crippen molar-refractivity contribution in [1.82, 2.24) is 9.88 Å². The van der Waals surface area contributed by atoms with Gasteiger partial charge in [-0.15, -0.1) is 0 Å². The van der Waals surface area contributed by atoms with Crippen molar-refractivity contribution in [2.45, 2.75) is 24.9 Å². The highest BCUT2D eigenvalue weighted by atomic mass is 16.2. The smallest absolute Gasteiger partial charge is 0.255 e. The summed E-state index contributed by atoms with van der Waals surface area (Å²) in [6, 6.07) is 22.0. The van der Waals surface area contributed by atoms with Gasteiger partial charge in [0.25, 0.3) is 5.91 Å². The molecule has 6 heteroatoms. The lowest BCUT2D eigenvalue weighted by atomic mass is 9.85. The van der Waals surface area contributed by atoms with Gasteiger partial charge in [0, 0.05) is 18.9 Å². The highest BCUT2D eigenvalue weighted by molar-refractivity contribution is 6.10. The zero-order valence-electron chi connectivity index (χ0n) is 17.3. The number of carbonyl (C=O) groups excluding carboxylic acids is 1. The predicted octanol–water partition coefficient (Wildman–Crippen LogP) is 4.19. The van der Waals surface area contributed by atoms with Crippen LogP contribution in [0.15, 0.2) is 84.1 Å². The highest BCUT2D eigenvalue weighted by Crippen LogP contribution is 2.36. The molecule has 0 aliphatic carbocycles. The van der Waals surface area contributed by atoms with E-state index in [1.807, 2.05) is 41.3 Å². The van der Waals surface area contributed by atoms with Crippen molar-refractivity contribution >= 4 is 23.1 Å². The van der Waals surface area contributed by atoms with Gasteiger partial charge in [0.1, 0.15) is 11.4 Å². The van der Waals surface area contributed by atoms with Gasteiger partial charge < -0.3 is 15.5 Å². The van der Waals surface area contributed by atoms with E-state index >= 15 is 0 Å². The number of hydrogen-bond acceptors (Lipinski definition) is 4. The minimum absolute atomic E-state index is 0.00948. The van der Waals surface area contributed by atoms with Crippen LogP contribution in [0.2, 0.25) is 0 Å². The number of hydrogen-bond donors (Lipinski definition) is 2. The van der Waals surface area contributed by atoms with Gasteiger partial charge in [0.2, 0.25) is 0 Å². The Bertz CT molecular complexity index is 1100. The molecule has 1 atom stereocenters. The fraction of sp³-hybridized carbons (Fsp3) is 0.240. The van der Waals surface area contributed by atoms with Gasteiger partial charge in [-0.3, -0.25) is 14.8 Å². The maximum Gasteiger partial charge on any atom is 0.255 e. The minimum Gasteiger partial charge on any atom is -0.370 e. The van der Waals surface area contributed by atoms with Crippen LogP contribution in [0.5, 0.6) is 0 Å². The molecule has 3 aromatic rings. The number of nitrogens with zero attached hydrogens (tertiary/aromatic N) is 3. The molecule has 1 spiro atoms. The number of pyridine rings is 1. The largest absolute Gasteiger partial charge is 0.370 e. The van der Waals surface area contributed by atoms with E-state index in [-0.39, 0.29) is 5.91 Å². The fourth-order valence-electron chi connectivity index (χ4n) is 4.41. The first-order chi connectivity index (χ1) is 15.2. The molecule has 156 valence electrons. The summed E-state index contributed by atoms with van der Waals surface area (Å²) < 4.78 is 0. The van der Waals surface area contributed by atoms with Crippen molar-refractivity contribution < 1.29 is 4.79 Å². The molecule has 0 unspecified atom stereocenters. The Kier molecular flexibility index (Phi) is 5.12. The molecule has 0 saturated carbocycles. The van der Waals surface area contributed by atoms with Crippen molar-refractivity contribution in [2.24, 2.45) is 4.99 Å². The lowest BCUT2D eigenvalue weighted by Crippen LogP contribution is -2.62. The first-order valence-electron chi connectivity index (χ1n) is 10.7. The third-order valence-electron chi connectivity index (χ3n) is 5.96. The number of fused-ring (bicyclic) bond motifs is 1. The van der Waals surface area contributed by atoms with Crippen molar-refractivity contribution in [3.8, 4) is 0 Å². The molecule has 0 bridgehead atoms. The molecule has 6 nitrogen and oxygen atoms in total. The van der Waals surface area contributed by atoms with Gasteiger partial charge in [-0.05, 0) is 42.7 Å². The molecule has 2 N–H and O–H groups in total. The number of piperidine rings is 1. The Morgan fingerprint density at radius 3 is 2.65 bits per heavy atom. The minimum atomic E-state index is -0.445. The number of benzene rings is 2. The number of amidine groups is 1. The van der Waals surface area contributed by atoms with Gasteiger partial charge in [0.15, 0.2) is 0 Å². The lowest BCUT2D eigenvalue weighted by Gasteiger charge is -2.47. The van der Waals surface area contributed by atoms with Crippen LogP contribution in [0.25, 0.3) is 0 Å². The molecule has 31 heavy (non-hydrogen) atoms. The number of likely N-dealkylation sites (tertiary alicyclic amines) is 1. The van der Waals surface area contributed by atoms with Crippen LogP contribution in [0.4, 0.5) is 11.4 Å². The van der Waals surface area contributed by atoms with Crippen LogP contribution in [-0.4, -0.2) is 40.3 Å². The molecule has 2 aromatic carbocycles. The molecule has 1 aromatic heterocycles. The third kappa shape index (κ3) is 3.89. The van der Waals surface area contributed by atoms with Crippen LogP contribution in [0, 0.1) is 0 Å². The number of rotatable bonds is 3. The zero-order valence-corrected chi connectivity index (χ0v) is 17.3. The number of carbonyl (C=O) groups is 1. The van der Waals surface area contributed by atoms with Gasteiger partial charge in [-0.1, -0.05) is 42.5 Å². The van der Waals surface area contributed by atoms with Crippen molar-refractivity contribution in [3.05, 3.63) is 90.3 Å². The Balaban J connectivity index is 1.48. The van der Waals surface area contributed by atoms with Crippen LogP contribution in [0.1, 0.15) is 28.8 Å². The van der Waals surface area contributed by atoms with Gasteiger partial charge >= 0.3 is 0 Å². The summed E-state index contributed by atoms with van der Waals surface area (Å²) in [4.78, 5) is 24.2. The number of nitrogens with one attached hydrogen (secondary N) is 2. The van der Waals surface area contributed by atoms with Gasteiger partial charge in [0.05, 0.1) is 30.0 Å². The summed E-state index contributed by atoms with van der Waals surface area (Å²) >= 11 is 0. The maximum absolute atomic E-state index is 13.2. The normalized spacial score (nSPS) is 21.3. The lowest BCUT2D eigenvalue weighted by molar-refractivity contribution is 0.0694. The Morgan fingerprint density at radius 2 is 1.84 bits per heavy atom. The number of para-hydroxylation sites is 2. The summed E-state index contributed by atoms with van der Waals surface area (Å²) in [6.45, 7) is 1.87. The predicted molar refractivity (Wildman–Crippen MR) is 123 cm³/mol. The first-order valence-corrected chi connectivity index (χ1v) is 10.7. The van der Waals surface area contributed by atoms with E-state index in [9.17, 15) is 4.79 Å². The van der Waals surface area contributed by atoms with Gasteiger partial charge in [-0.2, -0.15) is 0 Å². The third-order valence-corrected chi connectivity index (χ3v) is 5.96. The second kappa shape index (κ2) is 8.22. The highest BCUT2D eigenvalue weighted by Gasteiger charge is 2.44. The number of amides is 1. The zero-order chi connectivity index (χ0) is 21.1. The molecule has 1 amide bonds. The Hall–Kier alpha value is -3.67. The molecule has 3 heterocycles. The first kappa shape index (κ1) is 19.3. The van der Waals surface area contributed by atoms with Crippen LogP contribution < -0.4 is 10.6 Å². The summed E-state index contributed by atoms with van der Waals surface area (Å²) in [5.41, 5.74) is 3.38. The van der Waals surface area contributed by atoms with Crippen LogP contribution in [0.3, 0.4) is 0 Å². The SMILES string of the molecule is O=C(c1cccnc1)N1CCC[C@@]2(C1)Nc1ccccc1NC2=NCc1ccccc1. The van der Waals surface area contributed by atoms with E-state index < -0.39 is 5.54 Å². The summed E-state index contributed by atoms with van der Waals surface area (Å²) in [5.74, 6) is 0.897. The summed E-state index contributed by atoms with van der Waals surface area (Å²) in [7, 11) is 0. The Labute approximate surface area is 182 Å². The van der Waals surface area contributed by atoms with Crippen molar-refractivity contribution in [1.29, 1.82) is 0 Å². The average Bonchev–Trinajstić information content (AvgIpc) is 2.83. The van der Waals surface area contributed by atoms with Crippen molar-refractivity contribution in [2.75, 3.05) is 23.7 Å². The molecule has 0 radical (unpaired) electrons. The van der Waals surface area contributed by atoms with Crippen molar-refractivity contribution in [3.63, 3.8) is 0 Å². The molecule has 1 saturated heterocycles. The molecular weight excluding hydrogens is 386 g/mol. The summed E-state index contributed by atoms with van der Waals surface area (Å²) in [5, 5.41) is 7.30. The van der Waals surface area contributed by atoms with E-state index in [1.165, 1.54) is 0 Å². The standard InChI is InChI=1S/C25H25N5O/c31-23(20-10-6-14-26-17-20)30-15-7-13-25(18-30)24(27-16-19-8-2-1-3-9-19)28-21-11-4-5-12-22(21)29-25/h1-6,8-12,14,17,29H,7,13,15-16,18H2,(H,27,28)/t25-/m0/s1. The molecule has 5 rings (SSSR count). The Morgan fingerprint density at radius 1 is 1.03 bits per heavy atom. The fourth-order valence-corrected chi connectivity index (χ4v) is 4.41. The van der Waals surface area contributed by atoms with Crippen LogP contribution in [-0.2, 0) is 6.54 Å². The number of anilines is 2. The van der Waals surface area contributed by atoms with E-state index in [4.69, 9.17) is 4.99 Å². The average molecular weight is 412 g/mol. The van der Waals surface area contributed by atoms with Gasteiger partial charge in [-0.25, -0.2) is 0 Å². The molecular formula is C25H25N5O. The molecule has 2 aliphatic rings. The van der Waals surface area contributed by atoms with Crippen LogP contribution >= 0.6 is 0 Å². The van der Waals surface area contributed by atoms with E-state index in [0.29, 0.717) is 18.7 Å². The second-order valence-electron chi connectivity index (χ2n) is 8.10. The maximum atomic E-state index is 13.2. The quantitative estimate of drug-likeness (QED) is 0.678. The van der Waals surface area contributed by atoms with E-state index in [0.717, 1.165) is 42.2 Å². The van der Waals surface area contributed by atoms with E-state index in [1.54, 1.807) is 18.5 Å². The van der Waals surface area contributed by atoms with E-state index in [2.05, 4.69) is 39.9 Å².